The minimum Gasteiger partial charge on any atom is -0.388 e. The van der Waals surface area contributed by atoms with E-state index in [9.17, 15) is 9.50 Å². The lowest BCUT2D eigenvalue weighted by Gasteiger charge is -2.22. The lowest BCUT2D eigenvalue weighted by Crippen LogP contribution is -2.27. The Balaban J connectivity index is 2.53. The van der Waals surface area contributed by atoms with Crippen LogP contribution in [0.3, 0.4) is 0 Å². The first-order valence-corrected chi connectivity index (χ1v) is 7.25. The summed E-state index contributed by atoms with van der Waals surface area (Å²) in [6, 6.07) is 4.99. The first-order chi connectivity index (χ1) is 9.08. The summed E-state index contributed by atoms with van der Waals surface area (Å²) in [5, 5.41) is 10.1. The van der Waals surface area contributed by atoms with Gasteiger partial charge in [-0.3, -0.25) is 0 Å². The Morgan fingerprint density at radius 1 is 1.16 bits per heavy atom. The number of halogens is 1. The summed E-state index contributed by atoms with van der Waals surface area (Å²) < 4.78 is 13.5. The van der Waals surface area contributed by atoms with Crippen LogP contribution in [0.1, 0.15) is 50.3 Å². The number of aliphatic hydroxyl groups is 1. The molecule has 0 spiro atoms. The molecule has 0 radical (unpaired) electrons. The topological polar surface area (TPSA) is 23.5 Å². The van der Waals surface area contributed by atoms with E-state index in [0.717, 1.165) is 32.5 Å². The van der Waals surface area contributed by atoms with E-state index in [0.29, 0.717) is 17.5 Å². The van der Waals surface area contributed by atoms with E-state index in [1.54, 1.807) is 13.0 Å². The van der Waals surface area contributed by atoms with Crippen molar-refractivity contribution < 1.29 is 9.50 Å². The van der Waals surface area contributed by atoms with Crippen LogP contribution in [0.4, 0.5) is 4.39 Å². The van der Waals surface area contributed by atoms with Crippen LogP contribution in [-0.2, 0) is 0 Å². The molecule has 3 heteroatoms. The van der Waals surface area contributed by atoms with Crippen molar-refractivity contribution in [2.45, 2.75) is 46.1 Å². The van der Waals surface area contributed by atoms with Gasteiger partial charge in [-0.2, -0.15) is 0 Å². The van der Waals surface area contributed by atoms with Crippen molar-refractivity contribution in [2.75, 3.05) is 19.6 Å². The second kappa shape index (κ2) is 8.28. The van der Waals surface area contributed by atoms with Gasteiger partial charge in [0.15, 0.2) is 0 Å². The molecule has 1 N–H and O–H groups in total. The van der Waals surface area contributed by atoms with Crippen molar-refractivity contribution in [3.8, 4) is 0 Å². The highest BCUT2D eigenvalue weighted by Crippen LogP contribution is 2.19. The van der Waals surface area contributed by atoms with Gasteiger partial charge in [0.2, 0.25) is 0 Å². The third-order valence-corrected chi connectivity index (χ3v) is 3.38. The fourth-order valence-corrected chi connectivity index (χ4v) is 2.26. The van der Waals surface area contributed by atoms with Crippen molar-refractivity contribution in [2.24, 2.45) is 0 Å². The zero-order chi connectivity index (χ0) is 14.3. The summed E-state index contributed by atoms with van der Waals surface area (Å²) in [7, 11) is 0. The average molecular weight is 267 g/mol. The number of benzene rings is 1. The van der Waals surface area contributed by atoms with Gasteiger partial charge in [-0.1, -0.05) is 26.0 Å². The molecule has 1 aromatic carbocycles. The van der Waals surface area contributed by atoms with E-state index in [1.807, 2.05) is 6.07 Å². The van der Waals surface area contributed by atoms with E-state index < -0.39 is 6.10 Å². The van der Waals surface area contributed by atoms with Crippen molar-refractivity contribution >= 4 is 0 Å². The normalized spacial score (nSPS) is 12.9. The van der Waals surface area contributed by atoms with Gasteiger partial charge < -0.3 is 10.0 Å². The van der Waals surface area contributed by atoms with Crippen molar-refractivity contribution in [3.05, 3.63) is 35.1 Å². The monoisotopic (exact) mass is 267 g/mol. The Labute approximate surface area is 116 Å². The molecule has 0 amide bonds. The molecular formula is C16H26FNO. The Kier molecular flexibility index (Phi) is 7.03. The van der Waals surface area contributed by atoms with E-state index in [-0.39, 0.29) is 5.82 Å². The molecule has 0 aliphatic rings. The first-order valence-electron chi connectivity index (χ1n) is 7.25. The standard InChI is InChI=1S/C16H26FNO/c1-4-9-18(10-5-2)11-8-16(19)14-7-6-13(3)15(17)12-14/h6-7,12,16,19H,4-5,8-11H2,1-3H3. The highest BCUT2D eigenvalue weighted by Gasteiger charge is 2.11. The fraction of sp³-hybridized carbons (Fsp3) is 0.625. The molecule has 0 fully saturated rings. The molecule has 108 valence electrons. The maximum absolute atomic E-state index is 13.5. The summed E-state index contributed by atoms with van der Waals surface area (Å²) >= 11 is 0. The van der Waals surface area contributed by atoms with Gasteiger partial charge in [0.05, 0.1) is 6.10 Å². The van der Waals surface area contributed by atoms with Crippen LogP contribution in [0.15, 0.2) is 18.2 Å². The minimum absolute atomic E-state index is 0.240. The number of aliphatic hydroxyl groups excluding tert-OH is 1. The number of rotatable bonds is 8. The fourth-order valence-electron chi connectivity index (χ4n) is 2.26. The van der Waals surface area contributed by atoms with Gasteiger partial charge in [0.1, 0.15) is 5.82 Å². The lowest BCUT2D eigenvalue weighted by molar-refractivity contribution is 0.141. The number of nitrogens with zero attached hydrogens (tertiary/aromatic N) is 1. The SMILES string of the molecule is CCCN(CCC)CCC(O)c1ccc(C)c(F)c1. The van der Waals surface area contributed by atoms with Crippen LogP contribution in [-0.4, -0.2) is 29.6 Å². The van der Waals surface area contributed by atoms with Gasteiger partial charge in [0.25, 0.3) is 0 Å². The molecule has 0 aromatic heterocycles. The largest absolute Gasteiger partial charge is 0.388 e. The Hall–Kier alpha value is -0.930. The molecule has 1 rings (SSSR count). The van der Waals surface area contributed by atoms with Crippen LogP contribution < -0.4 is 0 Å². The molecule has 19 heavy (non-hydrogen) atoms. The molecule has 0 aliphatic heterocycles. The molecule has 0 saturated carbocycles. The summed E-state index contributed by atoms with van der Waals surface area (Å²) in [4.78, 5) is 2.35. The second-order valence-electron chi connectivity index (χ2n) is 5.15. The van der Waals surface area contributed by atoms with Crippen LogP contribution >= 0.6 is 0 Å². The zero-order valence-corrected chi connectivity index (χ0v) is 12.3. The predicted molar refractivity (Wildman–Crippen MR) is 77.7 cm³/mol. The van der Waals surface area contributed by atoms with E-state index in [2.05, 4.69) is 18.7 Å². The van der Waals surface area contributed by atoms with Crippen molar-refractivity contribution in [1.29, 1.82) is 0 Å². The molecule has 1 aromatic rings. The van der Waals surface area contributed by atoms with Crippen LogP contribution in [0.25, 0.3) is 0 Å². The number of hydrogen-bond donors (Lipinski definition) is 1. The van der Waals surface area contributed by atoms with Gasteiger partial charge in [-0.25, -0.2) is 4.39 Å². The Morgan fingerprint density at radius 2 is 1.79 bits per heavy atom. The third kappa shape index (κ3) is 5.29. The maximum atomic E-state index is 13.5. The molecule has 1 atom stereocenters. The van der Waals surface area contributed by atoms with E-state index in [4.69, 9.17) is 0 Å². The van der Waals surface area contributed by atoms with Gasteiger partial charge in [0, 0.05) is 6.54 Å². The smallest absolute Gasteiger partial charge is 0.126 e. The summed E-state index contributed by atoms with van der Waals surface area (Å²) in [5.41, 5.74) is 1.30. The van der Waals surface area contributed by atoms with Crippen LogP contribution in [0.2, 0.25) is 0 Å². The lowest BCUT2D eigenvalue weighted by atomic mass is 10.0. The minimum atomic E-state index is -0.577. The highest BCUT2D eigenvalue weighted by molar-refractivity contribution is 5.24. The number of hydrogen-bond acceptors (Lipinski definition) is 2. The van der Waals surface area contributed by atoms with E-state index >= 15 is 0 Å². The molecular weight excluding hydrogens is 241 g/mol. The predicted octanol–water partition coefficient (Wildman–Crippen LogP) is 3.68. The Morgan fingerprint density at radius 3 is 2.32 bits per heavy atom. The van der Waals surface area contributed by atoms with E-state index in [1.165, 1.54) is 6.07 Å². The van der Waals surface area contributed by atoms with Crippen LogP contribution in [0.5, 0.6) is 0 Å². The van der Waals surface area contributed by atoms with Gasteiger partial charge >= 0.3 is 0 Å². The molecule has 2 nitrogen and oxygen atoms in total. The zero-order valence-electron chi connectivity index (χ0n) is 12.3. The summed E-state index contributed by atoms with van der Waals surface area (Å²) in [6.07, 6.45) is 2.32. The van der Waals surface area contributed by atoms with Crippen molar-refractivity contribution in [1.82, 2.24) is 4.90 Å². The first kappa shape index (κ1) is 16.1. The van der Waals surface area contributed by atoms with Crippen molar-refractivity contribution in [3.63, 3.8) is 0 Å². The third-order valence-electron chi connectivity index (χ3n) is 3.38. The van der Waals surface area contributed by atoms with Gasteiger partial charge in [-0.15, -0.1) is 0 Å². The number of aryl methyl sites for hydroxylation is 1. The average Bonchev–Trinajstić information content (AvgIpc) is 2.39. The van der Waals surface area contributed by atoms with Crippen LogP contribution in [0, 0.1) is 12.7 Å². The summed E-state index contributed by atoms with van der Waals surface area (Å²) in [6.45, 7) is 9.03. The Bertz CT molecular complexity index is 375. The molecule has 0 saturated heterocycles. The second-order valence-corrected chi connectivity index (χ2v) is 5.15. The molecule has 0 heterocycles. The quantitative estimate of drug-likeness (QED) is 0.776. The maximum Gasteiger partial charge on any atom is 0.126 e. The molecule has 0 aliphatic carbocycles. The summed E-state index contributed by atoms with van der Waals surface area (Å²) in [5.74, 6) is -0.240. The van der Waals surface area contributed by atoms with Gasteiger partial charge in [-0.05, 0) is 56.5 Å². The molecule has 0 bridgehead atoms. The molecule has 1 unspecified atom stereocenters. The highest BCUT2D eigenvalue weighted by atomic mass is 19.1.